The molecule has 8 heavy (non-hydrogen) atoms. The highest BCUT2D eigenvalue weighted by Crippen LogP contribution is 1.97. The van der Waals surface area contributed by atoms with Gasteiger partial charge in [-0.2, -0.15) is 5.10 Å². The minimum atomic E-state index is 0.731. The Balaban J connectivity index is 2.49. The van der Waals surface area contributed by atoms with Gasteiger partial charge in [-0.15, -0.1) is 0 Å². The van der Waals surface area contributed by atoms with E-state index in [1.165, 1.54) is 6.34 Å². The Morgan fingerprint density at radius 3 is 3.50 bits per heavy atom. The van der Waals surface area contributed by atoms with Crippen LogP contribution in [-0.2, 0) is 0 Å². The molecule has 0 aromatic carbocycles. The fourth-order valence-corrected chi connectivity index (χ4v) is 0.693. The average molecular weight is 108 g/mol. The van der Waals surface area contributed by atoms with Crippen molar-refractivity contribution in [2.45, 2.75) is 0 Å². The lowest BCUT2D eigenvalue weighted by Gasteiger charge is -1.80. The molecule has 2 heterocycles. The third-order valence-electron chi connectivity index (χ3n) is 1.08. The second kappa shape index (κ2) is 1.15. The summed E-state index contributed by atoms with van der Waals surface area (Å²) in [5.41, 5.74) is 3.72. The molecule has 4 nitrogen and oxygen atoms in total. The third kappa shape index (κ3) is 0.318. The van der Waals surface area contributed by atoms with Crippen LogP contribution in [0.2, 0.25) is 0 Å². The Labute approximate surface area is 46.0 Å². The van der Waals surface area contributed by atoms with Gasteiger partial charge >= 0.3 is 0 Å². The molecule has 0 aromatic heterocycles. The predicted molar refractivity (Wildman–Crippen MR) is 31.4 cm³/mol. The summed E-state index contributed by atoms with van der Waals surface area (Å²) in [6.07, 6.45) is 1.52. The normalized spacial score (nSPS) is 22.0. The number of hydrazone groups is 1. The summed E-state index contributed by atoms with van der Waals surface area (Å²) in [5.74, 6) is 0.741. The Kier molecular flexibility index (Phi) is 0.542. The molecule has 0 saturated heterocycles. The zero-order valence-electron chi connectivity index (χ0n) is 4.13. The first-order chi connectivity index (χ1) is 3.97. The van der Waals surface area contributed by atoms with Gasteiger partial charge in [0.05, 0.1) is 6.54 Å². The number of aliphatic imine (C=N–C) groups is 2. The summed E-state index contributed by atoms with van der Waals surface area (Å²) < 4.78 is 0. The first kappa shape index (κ1) is 3.77. The maximum absolute atomic E-state index is 3.93. The highest BCUT2D eigenvalue weighted by Gasteiger charge is 2.15. The molecule has 0 aromatic rings. The second-order valence-corrected chi connectivity index (χ2v) is 1.59. The minimum Gasteiger partial charge on any atom is -0.302 e. The lowest BCUT2D eigenvalue weighted by molar-refractivity contribution is 0.876. The molecule has 0 radical (unpaired) electrons. The molecule has 0 atom stereocenters. The van der Waals surface area contributed by atoms with Crippen molar-refractivity contribution in [2.24, 2.45) is 15.1 Å². The van der Waals surface area contributed by atoms with Crippen molar-refractivity contribution in [1.29, 1.82) is 0 Å². The quantitative estimate of drug-likeness (QED) is 0.442. The molecule has 4 heteroatoms. The van der Waals surface area contributed by atoms with Crippen molar-refractivity contribution in [3.8, 4) is 0 Å². The van der Waals surface area contributed by atoms with Gasteiger partial charge in [-0.3, -0.25) is 0 Å². The van der Waals surface area contributed by atoms with Gasteiger partial charge in [0.25, 0.3) is 0 Å². The van der Waals surface area contributed by atoms with Crippen molar-refractivity contribution in [3.63, 3.8) is 0 Å². The SMILES string of the molecule is C1=NC2=NNCC2=N1. The number of hydrogen-bond acceptors (Lipinski definition) is 4. The lowest BCUT2D eigenvalue weighted by Crippen LogP contribution is -2.10. The number of nitrogens with one attached hydrogen (secondary N) is 1. The van der Waals surface area contributed by atoms with E-state index in [4.69, 9.17) is 0 Å². The molecule has 2 aliphatic heterocycles. The summed E-state index contributed by atoms with van der Waals surface area (Å²) in [6.45, 7) is 0.731. The second-order valence-electron chi connectivity index (χ2n) is 1.59. The van der Waals surface area contributed by atoms with Crippen LogP contribution in [0.5, 0.6) is 0 Å². The van der Waals surface area contributed by atoms with Gasteiger partial charge in [0.15, 0.2) is 5.84 Å². The zero-order valence-corrected chi connectivity index (χ0v) is 4.13. The van der Waals surface area contributed by atoms with Crippen LogP contribution in [0.15, 0.2) is 15.1 Å². The molecule has 0 saturated carbocycles. The fraction of sp³-hybridized carbons (Fsp3) is 0.250. The highest BCUT2D eigenvalue weighted by molar-refractivity contribution is 6.47. The first-order valence-electron chi connectivity index (χ1n) is 2.37. The Morgan fingerprint density at radius 2 is 2.62 bits per heavy atom. The van der Waals surface area contributed by atoms with Crippen molar-refractivity contribution in [1.82, 2.24) is 5.43 Å². The molecule has 0 amide bonds. The Hall–Kier alpha value is -1.19. The molecule has 2 aliphatic rings. The van der Waals surface area contributed by atoms with Crippen LogP contribution in [0, 0.1) is 0 Å². The Bertz CT molecular complexity index is 200. The van der Waals surface area contributed by atoms with E-state index < -0.39 is 0 Å². The van der Waals surface area contributed by atoms with Gasteiger partial charge in [-0.1, -0.05) is 0 Å². The molecular weight excluding hydrogens is 104 g/mol. The van der Waals surface area contributed by atoms with Gasteiger partial charge in [0, 0.05) is 0 Å². The summed E-state index contributed by atoms with van der Waals surface area (Å²) >= 11 is 0. The van der Waals surface area contributed by atoms with E-state index in [9.17, 15) is 0 Å². The standard InChI is InChI=1S/C4H4N4/c1-3-4(8-7-1)6-2-5-3/h2,7H,1H2. The molecule has 40 valence electrons. The van der Waals surface area contributed by atoms with Crippen molar-refractivity contribution in [3.05, 3.63) is 0 Å². The van der Waals surface area contributed by atoms with Crippen LogP contribution in [0.1, 0.15) is 0 Å². The molecule has 0 spiro atoms. The summed E-state index contributed by atoms with van der Waals surface area (Å²) in [6, 6.07) is 0. The van der Waals surface area contributed by atoms with Crippen LogP contribution in [0.25, 0.3) is 0 Å². The van der Waals surface area contributed by atoms with Gasteiger partial charge in [-0.25, -0.2) is 9.98 Å². The lowest BCUT2D eigenvalue weighted by atomic mass is 10.4. The Morgan fingerprint density at radius 1 is 1.62 bits per heavy atom. The van der Waals surface area contributed by atoms with E-state index in [0.717, 1.165) is 18.1 Å². The maximum atomic E-state index is 3.93. The molecule has 1 N–H and O–H groups in total. The van der Waals surface area contributed by atoms with E-state index in [1.54, 1.807) is 0 Å². The van der Waals surface area contributed by atoms with E-state index in [1.807, 2.05) is 0 Å². The average Bonchev–Trinajstić information content (AvgIpc) is 2.15. The number of hydrogen-bond donors (Lipinski definition) is 1. The van der Waals surface area contributed by atoms with Crippen molar-refractivity contribution in [2.75, 3.05) is 6.54 Å². The van der Waals surface area contributed by atoms with E-state index in [-0.39, 0.29) is 0 Å². The van der Waals surface area contributed by atoms with Crippen LogP contribution < -0.4 is 5.43 Å². The summed E-state index contributed by atoms with van der Waals surface area (Å²) in [4.78, 5) is 7.79. The molecule has 0 unspecified atom stereocenters. The minimum absolute atomic E-state index is 0.731. The summed E-state index contributed by atoms with van der Waals surface area (Å²) in [5, 5.41) is 3.84. The van der Waals surface area contributed by atoms with Gasteiger partial charge in [0.1, 0.15) is 12.1 Å². The van der Waals surface area contributed by atoms with E-state index >= 15 is 0 Å². The van der Waals surface area contributed by atoms with Crippen LogP contribution >= 0.6 is 0 Å². The topological polar surface area (TPSA) is 49.1 Å². The van der Waals surface area contributed by atoms with E-state index in [0.29, 0.717) is 0 Å². The summed E-state index contributed by atoms with van der Waals surface area (Å²) in [7, 11) is 0. The molecule has 2 rings (SSSR count). The first-order valence-corrected chi connectivity index (χ1v) is 2.37. The number of nitrogens with zero attached hydrogens (tertiary/aromatic N) is 3. The third-order valence-corrected chi connectivity index (χ3v) is 1.08. The van der Waals surface area contributed by atoms with Gasteiger partial charge in [-0.05, 0) is 0 Å². The molecule has 0 aliphatic carbocycles. The van der Waals surface area contributed by atoms with Gasteiger partial charge in [0.2, 0.25) is 0 Å². The van der Waals surface area contributed by atoms with Crippen molar-refractivity contribution >= 4 is 17.9 Å². The van der Waals surface area contributed by atoms with Crippen LogP contribution in [-0.4, -0.2) is 24.4 Å². The van der Waals surface area contributed by atoms with Gasteiger partial charge < -0.3 is 5.43 Å². The molecular formula is C4H4N4. The monoisotopic (exact) mass is 108 g/mol. The molecule has 0 bridgehead atoms. The number of fused-ring (bicyclic) bond motifs is 1. The maximum Gasteiger partial charge on any atom is 0.196 e. The predicted octanol–water partition coefficient (Wildman–Crippen LogP) is -0.614. The zero-order chi connectivity index (χ0) is 5.40. The number of amidine groups is 1. The van der Waals surface area contributed by atoms with Crippen molar-refractivity contribution < 1.29 is 0 Å². The van der Waals surface area contributed by atoms with Crippen LogP contribution in [0.4, 0.5) is 0 Å². The van der Waals surface area contributed by atoms with E-state index in [2.05, 4.69) is 20.5 Å². The molecule has 0 fully saturated rings. The fourth-order valence-electron chi connectivity index (χ4n) is 0.693. The highest BCUT2D eigenvalue weighted by atomic mass is 15.4. The number of rotatable bonds is 0. The largest absolute Gasteiger partial charge is 0.302 e. The van der Waals surface area contributed by atoms with Crippen LogP contribution in [0.3, 0.4) is 0 Å². The smallest absolute Gasteiger partial charge is 0.196 e.